The molecule has 0 rings (SSSR count). The Balaban J connectivity index is 0. The van der Waals surface area contributed by atoms with E-state index in [0.717, 1.165) is 12.0 Å². The highest BCUT2D eigenvalue weighted by Gasteiger charge is 2.05. The van der Waals surface area contributed by atoms with Crippen LogP contribution < -0.4 is 0 Å². The molecule has 1 nitrogen and oxygen atoms in total. The highest BCUT2D eigenvalue weighted by Crippen LogP contribution is 2.22. The summed E-state index contributed by atoms with van der Waals surface area (Å²) in [5, 5.41) is 8.97. The van der Waals surface area contributed by atoms with Crippen molar-refractivity contribution in [2.24, 2.45) is 0 Å². The molecule has 0 fully saturated rings. The predicted molar refractivity (Wildman–Crippen MR) is 111 cm³/mol. The molecule has 0 atom stereocenters. The summed E-state index contributed by atoms with van der Waals surface area (Å²) >= 11 is 0. The molecule has 0 aromatic rings. The lowest BCUT2D eigenvalue weighted by Gasteiger charge is -2.05. The van der Waals surface area contributed by atoms with Gasteiger partial charge in [0.2, 0.25) is 0 Å². The van der Waals surface area contributed by atoms with E-state index in [1.807, 2.05) is 6.92 Å². The Kier molecular flexibility index (Phi) is 13.6. The minimum absolute atomic E-state index is 0.113. The van der Waals surface area contributed by atoms with Gasteiger partial charge in [0.05, 0.1) is 0 Å². The third-order valence-corrected chi connectivity index (χ3v) is 2.84. The first-order valence-corrected chi connectivity index (χ1v) is 8.16. The van der Waals surface area contributed by atoms with Gasteiger partial charge in [-0.05, 0) is 35.3 Å². The van der Waals surface area contributed by atoms with Gasteiger partial charge in [-0.1, -0.05) is 90.5 Å². The molecule has 0 saturated carbocycles. The molecule has 0 aromatic carbocycles. The van der Waals surface area contributed by atoms with Crippen molar-refractivity contribution in [2.75, 3.05) is 0 Å². The summed E-state index contributed by atoms with van der Waals surface area (Å²) in [6.45, 7) is 28.3. The van der Waals surface area contributed by atoms with E-state index in [4.69, 9.17) is 5.11 Å². The van der Waals surface area contributed by atoms with Crippen molar-refractivity contribution in [1.82, 2.24) is 0 Å². The fraction of sp³-hybridized carbons (Fsp3) is 0.217. The van der Waals surface area contributed by atoms with Crippen LogP contribution >= 0.6 is 0 Å². The molecular formula is C23H31FO. The lowest BCUT2D eigenvalue weighted by Crippen LogP contribution is -1.88. The van der Waals surface area contributed by atoms with E-state index in [0.29, 0.717) is 16.7 Å². The highest BCUT2D eigenvalue weighted by atomic mass is 19.1. The number of allylic oxidation sites excluding steroid dienone is 11. The van der Waals surface area contributed by atoms with Gasteiger partial charge in [0, 0.05) is 5.57 Å². The lowest BCUT2D eigenvalue weighted by atomic mass is 10.0. The molecule has 0 amide bonds. The van der Waals surface area contributed by atoms with Crippen LogP contribution in [-0.4, -0.2) is 5.11 Å². The second-order valence-electron chi connectivity index (χ2n) is 5.42. The summed E-state index contributed by atoms with van der Waals surface area (Å²) in [7, 11) is 0. The average Bonchev–Trinajstić information content (AvgIpc) is 2.56. The van der Waals surface area contributed by atoms with E-state index >= 15 is 0 Å². The molecule has 0 radical (unpaired) electrons. The van der Waals surface area contributed by atoms with Crippen LogP contribution in [0.5, 0.6) is 0 Å². The summed E-state index contributed by atoms with van der Waals surface area (Å²) in [5.74, 6) is -0.656. The lowest BCUT2D eigenvalue weighted by molar-refractivity contribution is 0.435. The number of rotatable bonds is 9. The van der Waals surface area contributed by atoms with Crippen LogP contribution in [0.15, 0.2) is 109 Å². The van der Waals surface area contributed by atoms with Crippen molar-refractivity contribution in [1.29, 1.82) is 0 Å². The fourth-order valence-electron chi connectivity index (χ4n) is 1.23. The summed E-state index contributed by atoms with van der Waals surface area (Å²) in [6, 6.07) is 0. The van der Waals surface area contributed by atoms with E-state index in [-0.39, 0.29) is 11.3 Å². The maximum absolute atomic E-state index is 14.1. The zero-order chi connectivity index (χ0) is 20.0. The largest absolute Gasteiger partial charge is 0.509 e. The van der Waals surface area contributed by atoms with Gasteiger partial charge in [0.15, 0.2) is 0 Å². The quantitative estimate of drug-likeness (QED) is 0.337. The van der Waals surface area contributed by atoms with Crippen molar-refractivity contribution in [3.8, 4) is 0 Å². The van der Waals surface area contributed by atoms with Crippen molar-refractivity contribution in [2.45, 2.75) is 33.6 Å². The third kappa shape index (κ3) is 12.5. The second kappa shape index (κ2) is 13.8. The zero-order valence-corrected chi connectivity index (χ0v) is 15.9. The van der Waals surface area contributed by atoms with Crippen LogP contribution in [0, 0.1) is 0 Å². The molecule has 0 heterocycles. The number of hydrogen-bond acceptors (Lipinski definition) is 1. The van der Waals surface area contributed by atoms with Crippen molar-refractivity contribution in [3.05, 3.63) is 109 Å². The van der Waals surface area contributed by atoms with Gasteiger partial charge >= 0.3 is 0 Å². The van der Waals surface area contributed by atoms with E-state index in [2.05, 4.69) is 53.3 Å². The summed E-state index contributed by atoms with van der Waals surface area (Å²) in [5.41, 5.74) is 2.38. The minimum Gasteiger partial charge on any atom is -0.509 e. The standard InChI is InChI=1S/C20H23FO.C3H8/c1-8-14(2)9-10-16(4)19(7)20(21)13-17(5)15(3)11-12-18(6)22;1-3-2/h9-13,22H,2-8H2,1H3;3H2,1-2H3/b10-9-,12-11-,20-13+;. The van der Waals surface area contributed by atoms with Gasteiger partial charge in [0.1, 0.15) is 11.6 Å². The Morgan fingerprint density at radius 3 is 1.72 bits per heavy atom. The van der Waals surface area contributed by atoms with Gasteiger partial charge in [-0.2, -0.15) is 0 Å². The molecule has 0 aromatic heterocycles. The van der Waals surface area contributed by atoms with Gasteiger partial charge in [-0.3, -0.25) is 0 Å². The normalized spacial score (nSPS) is 11.0. The Morgan fingerprint density at radius 2 is 1.28 bits per heavy atom. The van der Waals surface area contributed by atoms with Gasteiger partial charge in [-0.25, -0.2) is 4.39 Å². The van der Waals surface area contributed by atoms with Crippen LogP contribution in [0.25, 0.3) is 0 Å². The molecular weight excluding hydrogens is 311 g/mol. The molecule has 1 N–H and O–H groups in total. The van der Waals surface area contributed by atoms with E-state index in [1.165, 1.54) is 24.6 Å². The molecule has 0 aliphatic carbocycles. The molecule has 136 valence electrons. The number of halogens is 1. The van der Waals surface area contributed by atoms with Gasteiger partial charge in [0.25, 0.3) is 0 Å². The highest BCUT2D eigenvalue weighted by molar-refractivity contribution is 5.52. The fourth-order valence-corrected chi connectivity index (χ4v) is 1.23. The third-order valence-electron chi connectivity index (χ3n) is 2.84. The summed E-state index contributed by atoms with van der Waals surface area (Å²) in [6.07, 6.45) is 9.60. The van der Waals surface area contributed by atoms with Crippen LogP contribution in [0.1, 0.15) is 33.6 Å². The molecule has 0 unspecified atom stereocenters. The Labute approximate surface area is 153 Å². The molecule has 2 heteroatoms. The first-order chi connectivity index (χ1) is 11.6. The molecule has 0 bridgehead atoms. The Hall–Kier alpha value is -2.61. The number of aliphatic hydroxyl groups is 1. The van der Waals surface area contributed by atoms with E-state index < -0.39 is 5.83 Å². The molecule has 25 heavy (non-hydrogen) atoms. The SMILES string of the molecule is C=C(O)/C=C\C(=C)C(=C)/C=C(/F)C(=C)C(=C)/C=C\C(=C)CC.CCC. The van der Waals surface area contributed by atoms with E-state index in [1.54, 1.807) is 12.2 Å². The smallest absolute Gasteiger partial charge is 0.131 e. The first kappa shape index (κ1) is 24.6. The second-order valence-corrected chi connectivity index (χ2v) is 5.42. The maximum atomic E-state index is 14.1. The monoisotopic (exact) mass is 342 g/mol. The van der Waals surface area contributed by atoms with Gasteiger partial charge < -0.3 is 5.11 Å². The molecule has 0 saturated heterocycles. The Bertz CT molecular complexity index is 624. The van der Waals surface area contributed by atoms with Crippen LogP contribution in [0.2, 0.25) is 0 Å². The summed E-state index contributed by atoms with van der Waals surface area (Å²) in [4.78, 5) is 0. The molecule has 0 aliphatic heterocycles. The number of aliphatic hydroxyl groups excluding tert-OH is 1. The number of hydrogen-bond donors (Lipinski definition) is 1. The van der Waals surface area contributed by atoms with Crippen LogP contribution in [-0.2, 0) is 0 Å². The average molecular weight is 342 g/mol. The molecule has 0 aliphatic rings. The summed E-state index contributed by atoms with van der Waals surface area (Å²) < 4.78 is 14.1. The molecule has 0 spiro atoms. The van der Waals surface area contributed by atoms with Crippen LogP contribution in [0.4, 0.5) is 4.39 Å². The zero-order valence-electron chi connectivity index (χ0n) is 15.9. The van der Waals surface area contributed by atoms with Gasteiger partial charge in [-0.15, -0.1) is 0 Å². The van der Waals surface area contributed by atoms with Crippen molar-refractivity contribution < 1.29 is 9.50 Å². The topological polar surface area (TPSA) is 20.2 Å². The first-order valence-electron chi connectivity index (χ1n) is 8.16. The van der Waals surface area contributed by atoms with E-state index in [9.17, 15) is 4.39 Å². The predicted octanol–water partition coefficient (Wildman–Crippen LogP) is 7.63. The minimum atomic E-state index is -0.542. The van der Waals surface area contributed by atoms with Crippen LogP contribution in [0.3, 0.4) is 0 Å². The van der Waals surface area contributed by atoms with Crippen molar-refractivity contribution >= 4 is 0 Å². The van der Waals surface area contributed by atoms with Crippen molar-refractivity contribution in [3.63, 3.8) is 0 Å². The Morgan fingerprint density at radius 1 is 0.800 bits per heavy atom. The maximum Gasteiger partial charge on any atom is 0.131 e.